The van der Waals surface area contributed by atoms with E-state index in [0.717, 1.165) is 0 Å². The topological polar surface area (TPSA) is 102 Å². The van der Waals surface area contributed by atoms with Gasteiger partial charge in [-0.05, 0) is 29.8 Å². The molecule has 1 N–H and O–H groups in total. The summed E-state index contributed by atoms with van der Waals surface area (Å²) in [6.45, 7) is 0. The number of hydrazone groups is 1. The summed E-state index contributed by atoms with van der Waals surface area (Å²) < 4.78 is 23.7. The van der Waals surface area contributed by atoms with Gasteiger partial charge in [0, 0.05) is 12.1 Å². The van der Waals surface area contributed by atoms with Crippen molar-refractivity contribution in [2.24, 2.45) is 5.10 Å². The van der Waals surface area contributed by atoms with Crippen molar-refractivity contribution in [2.45, 2.75) is 4.90 Å². The first kappa shape index (κ1) is 17.6. The van der Waals surface area contributed by atoms with Gasteiger partial charge in [-0.1, -0.05) is 18.2 Å². The Morgan fingerprint density at radius 3 is 2.18 bits per heavy atom. The van der Waals surface area contributed by atoms with Crippen molar-refractivity contribution < 1.29 is 13.3 Å². The third-order valence-corrected chi connectivity index (χ3v) is 3.78. The van der Waals surface area contributed by atoms with Crippen molar-refractivity contribution >= 4 is 34.3 Å². The predicted molar refractivity (Wildman–Crippen MR) is 84.7 cm³/mol. The Hall–Kier alpha value is -2.45. The smallest absolute Gasteiger partial charge is 0.258 e. The molecule has 0 aliphatic heterocycles. The lowest BCUT2D eigenvalue weighted by molar-refractivity contribution is -0.384. The fraction of sp³-hybridized carbons (Fsp3) is 0. The van der Waals surface area contributed by atoms with E-state index >= 15 is 0 Å². The zero-order valence-corrected chi connectivity index (χ0v) is 12.8. The van der Waals surface area contributed by atoms with Crippen molar-refractivity contribution in [1.82, 2.24) is 4.83 Å². The number of benzene rings is 2. The highest BCUT2D eigenvalue weighted by Crippen LogP contribution is 2.11. The Kier molecular flexibility index (Phi) is 6.02. The molecule has 9 heteroatoms. The molecule has 22 heavy (non-hydrogen) atoms. The Morgan fingerprint density at radius 2 is 1.64 bits per heavy atom. The average molecular weight is 342 g/mol. The molecule has 0 amide bonds. The highest BCUT2D eigenvalue weighted by molar-refractivity contribution is 7.89. The lowest BCUT2D eigenvalue weighted by atomic mass is 10.2. The lowest BCUT2D eigenvalue weighted by Gasteiger charge is -2.02. The zero-order valence-electron chi connectivity index (χ0n) is 11.1. The van der Waals surface area contributed by atoms with Crippen LogP contribution in [0.5, 0.6) is 0 Å². The van der Waals surface area contributed by atoms with Crippen LogP contribution in [0.4, 0.5) is 5.69 Å². The minimum absolute atomic E-state index is 0. The normalized spacial score (nSPS) is 10.9. The molecule has 0 bridgehead atoms. The second kappa shape index (κ2) is 7.53. The van der Waals surface area contributed by atoms with Crippen molar-refractivity contribution in [1.29, 1.82) is 0 Å². The van der Waals surface area contributed by atoms with Crippen LogP contribution in [0, 0.1) is 10.1 Å². The first-order valence-electron chi connectivity index (χ1n) is 5.83. The Balaban J connectivity index is 0.00000242. The number of hydrogen-bond acceptors (Lipinski definition) is 5. The van der Waals surface area contributed by atoms with Crippen LogP contribution < -0.4 is 4.83 Å². The van der Waals surface area contributed by atoms with Crippen LogP contribution in [0.3, 0.4) is 0 Å². The first-order valence-corrected chi connectivity index (χ1v) is 7.32. The molecule has 0 aromatic heterocycles. The lowest BCUT2D eigenvalue weighted by Crippen LogP contribution is -2.18. The molecule has 0 radical (unpaired) electrons. The van der Waals surface area contributed by atoms with E-state index in [1.807, 2.05) is 0 Å². The van der Waals surface area contributed by atoms with E-state index in [4.69, 9.17) is 0 Å². The number of hydrogen-bond donors (Lipinski definition) is 1. The highest BCUT2D eigenvalue weighted by atomic mass is 35.5. The fourth-order valence-electron chi connectivity index (χ4n) is 1.50. The van der Waals surface area contributed by atoms with Crippen LogP contribution in [-0.2, 0) is 10.0 Å². The second-order valence-corrected chi connectivity index (χ2v) is 5.68. The summed E-state index contributed by atoms with van der Waals surface area (Å²) in [5.74, 6) is 0. The van der Waals surface area contributed by atoms with Crippen LogP contribution in [0.2, 0.25) is 0 Å². The van der Waals surface area contributed by atoms with Gasteiger partial charge in [0.15, 0.2) is 0 Å². The van der Waals surface area contributed by atoms with Gasteiger partial charge in [0.25, 0.3) is 15.7 Å². The molecule has 2 aromatic rings. The van der Waals surface area contributed by atoms with Gasteiger partial charge in [-0.3, -0.25) is 10.1 Å². The summed E-state index contributed by atoms with van der Waals surface area (Å²) in [6, 6.07) is 13.4. The number of nitrogens with zero attached hydrogens (tertiary/aromatic N) is 2. The van der Waals surface area contributed by atoms with Gasteiger partial charge in [-0.25, -0.2) is 4.83 Å². The van der Waals surface area contributed by atoms with Crippen LogP contribution in [-0.4, -0.2) is 19.6 Å². The standard InChI is InChI=1S/C13H11N3O4S.ClH/c17-16(18)12-8-6-11(7-9-12)10-14-15-21(19,20)13-4-2-1-3-5-13;/h1-10,15H;1H/b14-10+;. The third kappa shape index (κ3) is 4.54. The van der Waals surface area contributed by atoms with Gasteiger partial charge in [-0.15, -0.1) is 12.4 Å². The number of nitro benzene ring substituents is 1. The van der Waals surface area contributed by atoms with Gasteiger partial charge >= 0.3 is 0 Å². The molecule has 0 aliphatic carbocycles. The molecule has 0 heterocycles. The van der Waals surface area contributed by atoms with E-state index in [1.165, 1.54) is 42.6 Å². The molecule has 2 rings (SSSR count). The number of halogens is 1. The summed E-state index contributed by atoms with van der Waals surface area (Å²) >= 11 is 0. The molecule has 7 nitrogen and oxygen atoms in total. The van der Waals surface area contributed by atoms with Crippen LogP contribution in [0.15, 0.2) is 64.6 Å². The predicted octanol–water partition coefficient (Wildman–Crippen LogP) is 2.33. The molecule has 116 valence electrons. The quantitative estimate of drug-likeness (QED) is 0.512. The molecule has 0 aliphatic rings. The third-order valence-electron chi connectivity index (χ3n) is 2.54. The maximum Gasteiger partial charge on any atom is 0.276 e. The van der Waals surface area contributed by atoms with Crippen molar-refractivity contribution in [3.8, 4) is 0 Å². The fourth-order valence-corrected chi connectivity index (χ4v) is 2.32. The Bertz CT molecular complexity index is 762. The van der Waals surface area contributed by atoms with Gasteiger partial charge in [0.1, 0.15) is 0 Å². The monoisotopic (exact) mass is 341 g/mol. The molecule has 0 fully saturated rings. The second-order valence-electron chi connectivity index (χ2n) is 4.01. The molecule has 0 saturated heterocycles. The summed E-state index contributed by atoms with van der Waals surface area (Å²) in [4.78, 5) is 12.2. The van der Waals surface area contributed by atoms with E-state index in [2.05, 4.69) is 9.93 Å². The van der Waals surface area contributed by atoms with E-state index in [9.17, 15) is 18.5 Å². The molecule has 0 spiro atoms. The van der Waals surface area contributed by atoms with E-state index in [0.29, 0.717) is 5.56 Å². The average Bonchev–Trinajstić information content (AvgIpc) is 2.48. The molecule has 0 atom stereocenters. The number of non-ortho nitro benzene ring substituents is 1. The minimum Gasteiger partial charge on any atom is -0.258 e. The minimum atomic E-state index is -3.71. The molecule has 0 saturated carbocycles. The maximum absolute atomic E-state index is 11.9. The highest BCUT2D eigenvalue weighted by Gasteiger charge is 2.11. The molecule has 2 aromatic carbocycles. The summed E-state index contributed by atoms with van der Waals surface area (Å²) in [6.07, 6.45) is 1.27. The van der Waals surface area contributed by atoms with Crippen LogP contribution in [0.1, 0.15) is 5.56 Å². The number of nitro groups is 1. The van der Waals surface area contributed by atoms with Crippen molar-refractivity contribution in [3.63, 3.8) is 0 Å². The Labute approximate surface area is 133 Å². The maximum atomic E-state index is 11.9. The molecular weight excluding hydrogens is 330 g/mol. The summed E-state index contributed by atoms with van der Waals surface area (Å²) in [5, 5.41) is 14.1. The van der Waals surface area contributed by atoms with Crippen LogP contribution >= 0.6 is 12.4 Å². The first-order chi connectivity index (χ1) is 9.99. The number of rotatable bonds is 5. The van der Waals surface area contributed by atoms with E-state index in [-0.39, 0.29) is 23.0 Å². The SMILES string of the molecule is Cl.O=[N+]([O-])c1ccc(/C=N/NS(=O)(=O)c2ccccc2)cc1. The summed E-state index contributed by atoms with van der Waals surface area (Å²) in [7, 11) is -3.71. The molecular formula is C13H12ClN3O4S. The van der Waals surface area contributed by atoms with Gasteiger partial charge in [0.2, 0.25) is 0 Å². The Morgan fingerprint density at radius 1 is 1.05 bits per heavy atom. The molecule has 0 unspecified atom stereocenters. The summed E-state index contributed by atoms with van der Waals surface area (Å²) in [5.41, 5.74) is 0.494. The number of sulfonamides is 1. The zero-order chi connectivity index (χ0) is 15.3. The van der Waals surface area contributed by atoms with E-state index in [1.54, 1.807) is 18.2 Å². The van der Waals surface area contributed by atoms with Crippen LogP contribution in [0.25, 0.3) is 0 Å². The van der Waals surface area contributed by atoms with Gasteiger partial charge < -0.3 is 0 Å². The van der Waals surface area contributed by atoms with Crippen molar-refractivity contribution in [2.75, 3.05) is 0 Å². The van der Waals surface area contributed by atoms with Gasteiger partial charge in [0.05, 0.1) is 16.0 Å². The van der Waals surface area contributed by atoms with Crippen molar-refractivity contribution in [3.05, 3.63) is 70.3 Å². The van der Waals surface area contributed by atoms with E-state index < -0.39 is 14.9 Å². The number of nitrogens with one attached hydrogen (secondary N) is 1. The largest absolute Gasteiger partial charge is 0.276 e. The van der Waals surface area contributed by atoms with Gasteiger partial charge in [-0.2, -0.15) is 13.5 Å².